The zero-order valence-corrected chi connectivity index (χ0v) is 17.7. The maximum Gasteiger partial charge on any atom is 0.335 e. The van der Waals surface area contributed by atoms with Crippen LogP contribution in [0.15, 0.2) is 27.9 Å². The third-order valence-corrected chi connectivity index (χ3v) is 8.01. The molecule has 0 amide bonds. The molecule has 0 atom stereocenters. The maximum atomic E-state index is 13.3. The number of aryl methyl sites for hydroxylation is 1. The lowest BCUT2D eigenvalue weighted by Gasteiger charge is -2.11. The van der Waals surface area contributed by atoms with Crippen LogP contribution in [0, 0.1) is 12.3 Å². The molecule has 1 aliphatic carbocycles. The Kier molecular flexibility index (Phi) is 5.07. The third-order valence-electron chi connectivity index (χ3n) is 5.22. The monoisotopic (exact) mass is 440 g/mol. The van der Waals surface area contributed by atoms with Crippen molar-refractivity contribution in [3.63, 3.8) is 0 Å². The smallest absolute Gasteiger partial charge is 0.335 e. The zero-order valence-electron chi connectivity index (χ0n) is 16.1. The normalized spacial score (nSPS) is 15.8. The van der Waals surface area contributed by atoms with E-state index in [0.717, 1.165) is 0 Å². The first-order valence-electron chi connectivity index (χ1n) is 9.14. The molecular weight excluding hydrogens is 419 g/mol. The summed E-state index contributed by atoms with van der Waals surface area (Å²) in [7, 11) is -2.15. The van der Waals surface area contributed by atoms with Crippen molar-refractivity contribution in [3.05, 3.63) is 33.7 Å². The summed E-state index contributed by atoms with van der Waals surface area (Å²) in [4.78, 5) is 13.1. The maximum absolute atomic E-state index is 13.3. The second kappa shape index (κ2) is 7.29. The Morgan fingerprint density at radius 2 is 2.03 bits per heavy atom. The van der Waals surface area contributed by atoms with E-state index in [1.807, 2.05) is 0 Å². The predicted molar refractivity (Wildman–Crippen MR) is 107 cm³/mol. The minimum Gasteiger partial charge on any atom is -0.383 e. The number of nitrogens with zero attached hydrogens (tertiary/aromatic N) is 4. The number of methoxy groups -OCH3 is 1. The Balaban J connectivity index is 1.88. The largest absolute Gasteiger partial charge is 0.383 e. The molecule has 29 heavy (non-hydrogen) atoms. The highest BCUT2D eigenvalue weighted by Gasteiger charge is 2.46. The average molecular weight is 441 g/mol. The molecule has 1 aliphatic rings. The van der Waals surface area contributed by atoms with Gasteiger partial charge in [-0.15, -0.1) is 10.2 Å². The van der Waals surface area contributed by atoms with Crippen molar-refractivity contribution < 1.29 is 17.5 Å². The Morgan fingerprint density at radius 1 is 1.28 bits per heavy atom. The van der Waals surface area contributed by atoms with E-state index in [0.29, 0.717) is 47.2 Å². The molecule has 0 bridgehead atoms. The van der Waals surface area contributed by atoms with Gasteiger partial charge >= 0.3 is 5.69 Å². The van der Waals surface area contributed by atoms with Crippen molar-refractivity contribution in [2.75, 3.05) is 26.1 Å². The van der Waals surface area contributed by atoms with Crippen molar-refractivity contribution in [1.82, 2.24) is 19.3 Å². The first-order chi connectivity index (χ1) is 13.8. The standard InChI is InChI=1S/C18H21FN4O4S2/c1-12-20-21-16(28-12)23-15-9-13(29(25,26)11-18(10-19)5-6-18)3-4-14(15)22(17(23)24)7-8-27-2/h3-4,9H,5-8,10-11H2,1-2H3. The molecule has 156 valence electrons. The van der Waals surface area contributed by atoms with Crippen molar-refractivity contribution in [2.24, 2.45) is 5.41 Å². The molecule has 8 nitrogen and oxygen atoms in total. The SMILES string of the molecule is COCCn1c(=O)n(-c2nnc(C)s2)c2cc(S(=O)(=O)CC3(CF)CC3)ccc21. The molecule has 1 aromatic carbocycles. The minimum atomic E-state index is -3.70. The molecule has 4 rings (SSSR count). The number of imidazole rings is 1. The number of rotatable bonds is 8. The summed E-state index contributed by atoms with van der Waals surface area (Å²) in [6, 6.07) is 4.56. The van der Waals surface area contributed by atoms with Crippen LogP contribution >= 0.6 is 11.3 Å². The van der Waals surface area contributed by atoms with Gasteiger partial charge in [0.25, 0.3) is 0 Å². The van der Waals surface area contributed by atoms with Gasteiger partial charge in [-0.25, -0.2) is 17.8 Å². The van der Waals surface area contributed by atoms with Crippen LogP contribution in [-0.2, 0) is 21.1 Å². The summed E-state index contributed by atoms with van der Waals surface area (Å²) in [6.45, 7) is 1.77. The average Bonchev–Trinajstić information content (AvgIpc) is 3.23. The zero-order chi connectivity index (χ0) is 20.8. The molecule has 1 fully saturated rings. The highest BCUT2D eigenvalue weighted by atomic mass is 32.2. The molecule has 0 N–H and O–H groups in total. The van der Waals surface area contributed by atoms with Gasteiger partial charge in [0.2, 0.25) is 5.13 Å². The number of hydrogen-bond donors (Lipinski definition) is 0. The summed E-state index contributed by atoms with van der Waals surface area (Å²) in [5.41, 5.74) is -0.0992. The van der Waals surface area contributed by atoms with E-state index in [-0.39, 0.29) is 16.3 Å². The molecule has 0 radical (unpaired) electrons. The molecule has 2 heterocycles. The van der Waals surface area contributed by atoms with Crippen LogP contribution < -0.4 is 5.69 Å². The van der Waals surface area contributed by atoms with E-state index in [9.17, 15) is 17.6 Å². The van der Waals surface area contributed by atoms with Gasteiger partial charge in [0.1, 0.15) is 5.01 Å². The number of alkyl halides is 1. The van der Waals surface area contributed by atoms with Crippen LogP contribution in [-0.4, -0.2) is 53.9 Å². The number of benzene rings is 1. The highest BCUT2D eigenvalue weighted by Crippen LogP contribution is 2.48. The summed E-state index contributed by atoms with van der Waals surface area (Å²) in [5, 5.41) is 9.07. The Bertz CT molecular complexity index is 1220. The lowest BCUT2D eigenvalue weighted by molar-refractivity contribution is 0.187. The summed E-state index contributed by atoms with van der Waals surface area (Å²) in [5.74, 6) is -0.228. The lowest BCUT2D eigenvalue weighted by Crippen LogP contribution is -2.24. The molecule has 0 aliphatic heterocycles. The Hall–Kier alpha value is -2.11. The van der Waals surface area contributed by atoms with Crippen LogP contribution in [0.2, 0.25) is 0 Å². The molecule has 2 aromatic heterocycles. The minimum absolute atomic E-state index is 0.0728. The van der Waals surface area contributed by atoms with Crippen LogP contribution in [0.4, 0.5) is 4.39 Å². The number of aromatic nitrogens is 4. The fraction of sp³-hybridized carbons (Fsp3) is 0.500. The molecule has 0 saturated heterocycles. The molecule has 11 heteroatoms. The molecule has 1 saturated carbocycles. The van der Waals surface area contributed by atoms with Gasteiger partial charge in [-0.1, -0.05) is 11.3 Å². The molecular formula is C18H21FN4O4S2. The van der Waals surface area contributed by atoms with Crippen molar-refractivity contribution in [3.8, 4) is 5.13 Å². The predicted octanol–water partition coefficient (Wildman–Crippen LogP) is 2.12. The van der Waals surface area contributed by atoms with Crippen LogP contribution in [0.25, 0.3) is 16.2 Å². The van der Waals surface area contributed by atoms with Gasteiger partial charge in [-0.3, -0.25) is 8.96 Å². The summed E-state index contributed by atoms with van der Waals surface area (Å²) >= 11 is 1.24. The van der Waals surface area contributed by atoms with Gasteiger partial charge < -0.3 is 4.74 Å². The van der Waals surface area contributed by atoms with Gasteiger partial charge in [0.05, 0.1) is 41.5 Å². The van der Waals surface area contributed by atoms with Crippen molar-refractivity contribution >= 4 is 32.2 Å². The highest BCUT2D eigenvalue weighted by molar-refractivity contribution is 7.91. The van der Waals surface area contributed by atoms with Gasteiger partial charge in [0, 0.05) is 12.5 Å². The Morgan fingerprint density at radius 3 is 2.62 bits per heavy atom. The lowest BCUT2D eigenvalue weighted by atomic mass is 10.2. The summed E-state index contributed by atoms with van der Waals surface area (Å²) < 4.78 is 47.0. The fourth-order valence-electron chi connectivity index (χ4n) is 3.37. The van der Waals surface area contributed by atoms with Crippen molar-refractivity contribution in [2.45, 2.75) is 31.2 Å². The number of halogens is 1. The first-order valence-corrected chi connectivity index (χ1v) is 11.6. The third kappa shape index (κ3) is 3.62. The van der Waals surface area contributed by atoms with Gasteiger partial charge in [-0.2, -0.15) is 0 Å². The fourth-order valence-corrected chi connectivity index (χ4v) is 5.97. The van der Waals surface area contributed by atoms with Crippen LogP contribution in [0.1, 0.15) is 17.8 Å². The van der Waals surface area contributed by atoms with E-state index in [1.165, 1.54) is 32.6 Å². The second-order valence-corrected chi connectivity index (χ2v) is 10.6. The van der Waals surface area contributed by atoms with E-state index in [1.54, 1.807) is 20.1 Å². The number of sulfone groups is 1. The van der Waals surface area contributed by atoms with Gasteiger partial charge in [-0.05, 0) is 38.0 Å². The van der Waals surface area contributed by atoms with E-state index < -0.39 is 21.9 Å². The van der Waals surface area contributed by atoms with Crippen LogP contribution in [0.5, 0.6) is 0 Å². The topological polar surface area (TPSA) is 96.1 Å². The van der Waals surface area contributed by atoms with Crippen LogP contribution in [0.3, 0.4) is 0 Å². The van der Waals surface area contributed by atoms with Gasteiger partial charge in [0.15, 0.2) is 9.84 Å². The van der Waals surface area contributed by atoms with E-state index in [2.05, 4.69) is 10.2 Å². The quantitative estimate of drug-likeness (QED) is 0.532. The molecule has 3 aromatic rings. The number of ether oxygens (including phenoxy) is 1. The van der Waals surface area contributed by atoms with E-state index in [4.69, 9.17) is 4.74 Å². The van der Waals surface area contributed by atoms with Crippen molar-refractivity contribution in [1.29, 1.82) is 0 Å². The first kappa shape index (κ1) is 20.2. The second-order valence-electron chi connectivity index (χ2n) is 7.41. The number of fused-ring (bicyclic) bond motifs is 1. The molecule has 0 unspecified atom stereocenters. The number of hydrogen-bond acceptors (Lipinski definition) is 7. The Labute approximate surface area is 170 Å². The van der Waals surface area contributed by atoms with E-state index >= 15 is 0 Å². The summed E-state index contributed by atoms with van der Waals surface area (Å²) in [6.07, 6.45) is 1.15. The molecule has 0 spiro atoms.